The molecule has 1 aromatic carbocycles. The molecule has 0 aliphatic carbocycles. The standard InChI is InChI=1S/C17H15N3O2S/c1-3-13-5-4-6-14(9-13)20-17(22)10-18-16(21)8-7-15-11-23-12(2)19-15/h1,4-9,11H,10H2,2H3,(H,18,21)(H,20,22)/b8-7+. The Hall–Kier alpha value is -2.91. The minimum atomic E-state index is -0.358. The summed E-state index contributed by atoms with van der Waals surface area (Å²) < 4.78 is 0. The number of anilines is 1. The predicted octanol–water partition coefficient (Wildman–Crippen LogP) is 2.20. The Kier molecular flexibility index (Phi) is 5.67. The maximum absolute atomic E-state index is 11.8. The number of amides is 2. The first-order chi connectivity index (χ1) is 11.1. The van der Waals surface area contributed by atoms with Crippen LogP contribution in [-0.2, 0) is 9.59 Å². The third kappa shape index (κ3) is 5.41. The van der Waals surface area contributed by atoms with E-state index in [-0.39, 0.29) is 18.4 Å². The fraction of sp³-hybridized carbons (Fsp3) is 0.118. The predicted molar refractivity (Wildman–Crippen MR) is 91.9 cm³/mol. The lowest BCUT2D eigenvalue weighted by Gasteiger charge is -2.06. The van der Waals surface area contributed by atoms with Gasteiger partial charge in [-0.2, -0.15) is 0 Å². The van der Waals surface area contributed by atoms with E-state index in [9.17, 15) is 9.59 Å². The third-order valence-corrected chi connectivity index (χ3v) is 3.57. The highest BCUT2D eigenvalue weighted by Gasteiger charge is 2.04. The second kappa shape index (κ2) is 7.92. The monoisotopic (exact) mass is 325 g/mol. The molecule has 2 aromatic rings. The first-order valence-electron chi connectivity index (χ1n) is 6.81. The Bertz CT molecular complexity index is 787. The van der Waals surface area contributed by atoms with Crippen LogP contribution < -0.4 is 10.6 Å². The van der Waals surface area contributed by atoms with Crippen molar-refractivity contribution in [2.45, 2.75) is 6.92 Å². The van der Waals surface area contributed by atoms with Gasteiger partial charge in [-0.3, -0.25) is 9.59 Å². The van der Waals surface area contributed by atoms with Crippen LogP contribution in [0.25, 0.3) is 6.08 Å². The molecule has 2 amide bonds. The van der Waals surface area contributed by atoms with E-state index in [0.29, 0.717) is 11.3 Å². The van der Waals surface area contributed by atoms with Crippen molar-refractivity contribution >= 4 is 34.9 Å². The Morgan fingerprint density at radius 3 is 2.96 bits per heavy atom. The molecule has 0 saturated carbocycles. The Morgan fingerprint density at radius 2 is 2.26 bits per heavy atom. The van der Waals surface area contributed by atoms with Gasteiger partial charge in [0.2, 0.25) is 11.8 Å². The van der Waals surface area contributed by atoms with Gasteiger partial charge < -0.3 is 10.6 Å². The number of carbonyl (C=O) groups excluding carboxylic acids is 2. The molecule has 0 unspecified atom stereocenters. The number of rotatable bonds is 5. The zero-order chi connectivity index (χ0) is 16.7. The molecule has 0 radical (unpaired) electrons. The van der Waals surface area contributed by atoms with Crippen LogP contribution in [0.4, 0.5) is 5.69 Å². The SMILES string of the molecule is C#Cc1cccc(NC(=O)CNC(=O)/C=C/c2csc(C)n2)c1. The van der Waals surface area contributed by atoms with E-state index in [2.05, 4.69) is 21.5 Å². The van der Waals surface area contributed by atoms with Gasteiger partial charge in [-0.1, -0.05) is 12.0 Å². The number of thiazole rings is 1. The van der Waals surface area contributed by atoms with Crippen LogP contribution in [0.2, 0.25) is 0 Å². The molecular weight excluding hydrogens is 310 g/mol. The van der Waals surface area contributed by atoms with Gasteiger partial charge >= 0.3 is 0 Å². The summed E-state index contributed by atoms with van der Waals surface area (Å²) in [4.78, 5) is 27.6. The number of nitrogens with zero attached hydrogens (tertiary/aromatic N) is 1. The van der Waals surface area contributed by atoms with E-state index in [1.807, 2.05) is 12.3 Å². The van der Waals surface area contributed by atoms with Crippen LogP contribution in [0.5, 0.6) is 0 Å². The number of carbonyl (C=O) groups is 2. The van der Waals surface area contributed by atoms with E-state index in [0.717, 1.165) is 10.7 Å². The van der Waals surface area contributed by atoms with E-state index in [1.54, 1.807) is 30.3 Å². The van der Waals surface area contributed by atoms with Crippen LogP contribution in [0.1, 0.15) is 16.3 Å². The number of hydrogen-bond acceptors (Lipinski definition) is 4. The van der Waals surface area contributed by atoms with Gasteiger partial charge in [0.1, 0.15) is 0 Å². The summed E-state index contributed by atoms with van der Waals surface area (Å²) >= 11 is 1.51. The van der Waals surface area contributed by atoms with E-state index in [1.165, 1.54) is 17.4 Å². The van der Waals surface area contributed by atoms with E-state index < -0.39 is 0 Å². The molecule has 1 aromatic heterocycles. The smallest absolute Gasteiger partial charge is 0.244 e. The molecule has 0 aliphatic rings. The lowest BCUT2D eigenvalue weighted by atomic mass is 10.2. The van der Waals surface area contributed by atoms with Crippen LogP contribution in [0, 0.1) is 19.3 Å². The summed E-state index contributed by atoms with van der Waals surface area (Å²) in [6.45, 7) is 1.77. The minimum absolute atomic E-state index is 0.125. The summed E-state index contributed by atoms with van der Waals surface area (Å²) in [5.74, 6) is 1.80. The number of aryl methyl sites for hydroxylation is 1. The Labute approximate surface area is 138 Å². The second-order valence-electron chi connectivity index (χ2n) is 4.62. The van der Waals surface area contributed by atoms with Crippen molar-refractivity contribution in [3.8, 4) is 12.3 Å². The van der Waals surface area contributed by atoms with Gasteiger partial charge in [-0.25, -0.2) is 4.98 Å². The summed E-state index contributed by atoms with van der Waals surface area (Å²) in [7, 11) is 0. The van der Waals surface area contributed by atoms with Crippen molar-refractivity contribution in [2.24, 2.45) is 0 Å². The first-order valence-corrected chi connectivity index (χ1v) is 7.69. The van der Waals surface area contributed by atoms with Crippen molar-refractivity contribution < 1.29 is 9.59 Å². The third-order valence-electron chi connectivity index (χ3n) is 2.78. The van der Waals surface area contributed by atoms with Crippen molar-refractivity contribution in [1.82, 2.24) is 10.3 Å². The second-order valence-corrected chi connectivity index (χ2v) is 5.68. The Balaban J connectivity index is 1.80. The van der Waals surface area contributed by atoms with Gasteiger partial charge in [0.15, 0.2) is 0 Å². The number of aromatic nitrogens is 1. The number of terminal acetylenes is 1. The molecule has 5 nitrogen and oxygen atoms in total. The van der Waals surface area contributed by atoms with E-state index in [4.69, 9.17) is 6.42 Å². The zero-order valence-corrected chi connectivity index (χ0v) is 13.3. The van der Waals surface area contributed by atoms with Crippen molar-refractivity contribution in [3.05, 3.63) is 52.0 Å². The number of benzene rings is 1. The highest BCUT2D eigenvalue weighted by molar-refractivity contribution is 7.09. The molecule has 1 heterocycles. The molecule has 2 N–H and O–H groups in total. The number of nitrogens with one attached hydrogen (secondary N) is 2. The molecular formula is C17H15N3O2S. The summed E-state index contributed by atoms with van der Waals surface area (Å²) in [6, 6.07) is 6.93. The van der Waals surface area contributed by atoms with E-state index >= 15 is 0 Å². The lowest BCUT2D eigenvalue weighted by molar-refractivity contribution is -0.121. The van der Waals surface area contributed by atoms with Crippen molar-refractivity contribution in [2.75, 3.05) is 11.9 Å². The molecule has 0 spiro atoms. The summed E-state index contributed by atoms with van der Waals surface area (Å²) in [5, 5.41) is 7.95. The summed E-state index contributed by atoms with van der Waals surface area (Å²) in [6.07, 6.45) is 8.25. The van der Waals surface area contributed by atoms with Gasteiger partial charge in [0.05, 0.1) is 17.2 Å². The fourth-order valence-electron chi connectivity index (χ4n) is 1.74. The molecule has 23 heavy (non-hydrogen) atoms. The average Bonchev–Trinajstić information content (AvgIpc) is 2.96. The van der Waals surface area contributed by atoms with Crippen LogP contribution in [-0.4, -0.2) is 23.3 Å². The van der Waals surface area contributed by atoms with Gasteiger partial charge in [0.25, 0.3) is 0 Å². The molecule has 0 aliphatic heterocycles. The highest BCUT2D eigenvalue weighted by Crippen LogP contribution is 2.10. The quantitative estimate of drug-likeness (QED) is 0.654. The molecule has 2 rings (SSSR count). The van der Waals surface area contributed by atoms with Gasteiger partial charge in [0, 0.05) is 22.7 Å². The maximum Gasteiger partial charge on any atom is 0.244 e. The minimum Gasteiger partial charge on any atom is -0.343 e. The fourth-order valence-corrected chi connectivity index (χ4v) is 2.32. The maximum atomic E-state index is 11.8. The zero-order valence-electron chi connectivity index (χ0n) is 12.5. The lowest BCUT2D eigenvalue weighted by Crippen LogP contribution is -2.31. The van der Waals surface area contributed by atoms with Crippen LogP contribution in [0.15, 0.2) is 35.7 Å². The van der Waals surface area contributed by atoms with Crippen molar-refractivity contribution in [1.29, 1.82) is 0 Å². The van der Waals surface area contributed by atoms with Gasteiger partial charge in [-0.15, -0.1) is 17.8 Å². The molecule has 0 atom stereocenters. The Morgan fingerprint density at radius 1 is 1.43 bits per heavy atom. The topological polar surface area (TPSA) is 71.1 Å². The largest absolute Gasteiger partial charge is 0.343 e. The molecule has 116 valence electrons. The molecule has 0 bridgehead atoms. The normalized spacial score (nSPS) is 10.3. The van der Waals surface area contributed by atoms with Crippen LogP contribution in [0.3, 0.4) is 0 Å². The van der Waals surface area contributed by atoms with Crippen molar-refractivity contribution in [3.63, 3.8) is 0 Å². The van der Waals surface area contributed by atoms with Crippen LogP contribution >= 0.6 is 11.3 Å². The molecule has 0 saturated heterocycles. The van der Waals surface area contributed by atoms with Gasteiger partial charge in [-0.05, 0) is 31.2 Å². The molecule has 6 heteroatoms. The first kappa shape index (κ1) is 16.5. The number of hydrogen-bond donors (Lipinski definition) is 2. The summed E-state index contributed by atoms with van der Waals surface area (Å²) in [5.41, 5.74) is 1.99. The average molecular weight is 325 g/mol. The highest BCUT2D eigenvalue weighted by atomic mass is 32.1. The molecule has 0 fully saturated rings.